The monoisotopic (exact) mass is 378 g/mol. The summed E-state index contributed by atoms with van der Waals surface area (Å²) in [5.74, 6) is 0. The van der Waals surface area contributed by atoms with Gasteiger partial charge in [0.05, 0.1) is 6.54 Å². The Morgan fingerprint density at radius 1 is 0.536 bits per heavy atom. The van der Waals surface area contributed by atoms with Crippen LogP contribution in [0.1, 0.15) is 11.1 Å². The van der Waals surface area contributed by atoms with Gasteiger partial charge in [0.1, 0.15) is 28.5 Å². The van der Waals surface area contributed by atoms with Gasteiger partial charge in [-0.25, -0.2) is 0 Å². The molecule has 0 aliphatic carbocycles. The summed E-state index contributed by atoms with van der Waals surface area (Å²) in [6.07, 6.45) is 1.99. The Labute approximate surface area is 166 Å². The van der Waals surface area contributed by atoms with Gasteiger partial charge in [-0.3, -0.25) is 4.99 Å². The van der Waals surface area contributed by atoms with E-state index in [0.29, 0.717) is 0 Å². The Balaban J connectivity index is 1.88. The predicted octanol–water partition coefficient (Wildman–Crippen LogP) is 4.24. The van der Waals surface area contributed by atoms with Crippen LogP contribution in [-0.4, -0.2) is 6.21 Å². The van der Waals surface area contributed by atoms with Crippen molar-refractivity contribution in [2.45, 2.75) is 6.54 Å². The van der Waals surface area contributed by atoms with Crippen LogP contribution in [0.5, 0.6) is 0 Å². The summed E-state index contributed by atoms with van der Waals surface area (Å²) in [6.45, 7) is 0.779. The molecule has 0 atom stereocenters. The van der Waals surface area contributed by atoms with E-state index in [1.165, 1.54) is 32.3 Å². The zero-order chi connectivity index (χ0) is 18.8. The third-order valence-electron chi connectivity index (χ3n) is 5.44. The van der Waals surface area contributed by atoms with Gasteiger partial charge in [-0.05, 0) is 65.7 Å². The Bertz CT molecular complexity index is 1020. The lowest BCUT2D eigenvalue weighted by molar-refractivity contribution is 1.11. The minimum Gasteiger partial charge on any atom is -0.288 e. The lowest BCUT2D eigenvalue weighted by Crippen LogP contribution is -2.38. The minimum absolute atomic E-state index is 0.779. The number of hydrogen-bond acceptors (Lipinski definition) is 1. The van der Waals surface area contributed by atoms with Gasteiger partial charge in [-0.15, -0.1) is 0 Å². The van der Waals surface area contributed by atoms with E-state index in [4.69, 9.17) is 0 Å². The molecule has 0 saturated heterocycles. The van der Waals surface area contributed by atoms with Crippen LogP contribution in [0.15, 0.2) is 114 Å². The number of nitrogens with zero attached hydrogens (tertiary/aromatic N) is 1. The average Bonchev–Trinajstić information content (AvgIpc) is 3.25. The second-order valence-corrected chi connectivity index (χ2v) is 10.4. The summed E-state index contributed by atoms with van der Waals surface area (Å²) in [7, 11) is -1.99. The van der Waals surface area contributed by atoms with Crippen LogP contribution in [0.25, 0.3) is 0 Å². The van der Waals surface area contributed by atoms with Gasteiger partial charge in [0, 0.05) is 6.21 Å². The molecule has 0 N–H and O–H groups in total. The van der Waals surface area contributed by atoms with Crippen molar-refractivity contribution < 1.29 is 0 Å². The fourth-order valence-corrected chi connectivity index (χ4v) is 8.45. The molecule has 0 radical (unpaired) electrons. The molecule has 0 bridgehead atoms. The fourth-order valence-electron chi connectivity index (χ4n) is 4.16. The minimum atomic E-state index is -1.99. The van der Waals surface area contributed by atoms with Crippen molar-refractivity contribution >= 4 is 34.7 Å². The lowest BCUT2D eigenvalue weighted by atomic mass is 10.1. The van der Waals surface area contributed by atoms with Crippen molar-refractivity contribution in [2.24, 2.45) is 4.99 Å². The normalized spacial score (nSPS) is 12.7. The first-order chi connectivity index (χ1) is 13.9. The molecule has 4 aromatic carbocycles. The molecule has 4 aromatic rings. The quantitative estimate of drug-likeness (QED) is 0.471. The van der Waals surface area contributed by atoms with Crippen molar-refractivity contribution in [3.05, 3.63) is 120 Å². The highest BCUT2D eigenvalue weighted by atomic mass is 31.2. The summed E-state index contributed by atoms with van der Waals surface area (Å²) in [5, 5.41) is 5.53. The molecular weight excluding hydrogens is 357 g/mol. The molecule has 1 nitrogen and oxygen atoms in total. The van der Waals surface area contributed by atoms with Gasteiger partial charge in [0.25, 0.3) is 0 Å². The molecule has 5 rings (SSSR count). The number of benzene rings is 4. The van der Waals surface area contributed by atoms with Crippen LogP contribution in [0, 0.1) is 0 Å². The fraction of sp³-hybridized carbons (Fsp3) is 0.0385. The summed E-state index contributed by atoms with van der Waals surface area (Å²) in [5.41, 5.74) is 2.57. The molecule has 1 heterocycles. The standard InChI is InChI=1S/C26H21NP/c1-4-10-23(11-5-1)28(24-12-6-2-7-13-24,25-14-8-3-9-15-25)26-17-16-21-19-27-20-22(21)18-26/h1-19H,20H2/q+1. The summed E-state index contributed by atoms with van der Waals surface area (Å²) >= 11 is 0. The second kappa shape index (κ2) is 7.19. The maximum Gasteiger partial charge on any atom is 0.144 e. The Kier molecular flexibility index (Phi) is 4.39. The van der Waals surface area contributed by atoms with Crippen LogP contribution in [0.4, 0.5) is 0 Å². The van der Waals surface area contributed by atoms with E-state index in [9.17, 15) is 0 Å². The lowest BCUT2D eigenvalue weighted by Gasteiger charge is -2.28. The maximum absolute atomic E-state index is 4.48. The van der Waals surface area contributed by atoms with Gasteiger partial charge >= 0.3 is 0 Å². The number of fused-ring (bicyclic) bond motifs is 1. The van der Waals surface area contributed by atoms with E-state index < -0.39 is 7.26 Å². The smallest absolute Gasteiger partial charge is 0.144 e. The maximum atomic E-state index is 4.48. The zero-order valence-electron chi connectivity index (χ0n) is 15.6. The van der Waals surface area contributed by atoms with Crippen LogP contribution in [-0.2, 0) is 6.54 Å². The highest BCUT2D eigenvalue weighted by molar-refractivity contribution is 8.01. The van der Waals surface area contributed by atoms with E-state index in [-0.39, 0.29) is 0 Å². The molecular formula is C26H21NP+. The van der Waals surface area contributed by atoms with Crippen molar-refractivity contribution in [2.75, 3.05) is 0 Å². The van der Waals surface area contributed by atoms with E-state index >= 15 is 0 Å². The van der Waals surface area contributed by atoms with Crippen LogP contribution >= 0.6 is 7.26 Å². The molecule has 134 valence electrons. The highest BCUT2D eigenvalue weighted by Crippen LogP contribution is 2.54. The number of hydrogen-bond donors (Lipinski definition) is 0. The van der Waals surface area contributed by atoms with E-state index in [2.05, 4.69) is 114 Å². The number of rotatable bonds is 4. The first-order valence-corrected chi connectivity index (χ1v) is 11.4. The van der Waals surface area contributed by atoms with Crippen molar-refractivity contribution in [3.63, 3.8) is 0 Å². The molecule has 2 heteroatoms. The molecule has 0 aromatic heterocycles. The molecule has 0 saturated carbocycles. The van der Waals surface area contributed by atoms with E-state index in [1.54, 1.807) is 0 Å². The summed E-state index contributed by atoms with van der Waals surface area (Å²) < 4.78 is 0. The van der Waals surface area contributed by atoms with Crippen LogP contribution < -0.4 is 21.2 Å². The van der Waals surface area contributed by atoms with Crippen LogP contribution in [0.3, 0.4) is 0 Å². The van der Waals surface area contributed by atoms with Gasteiger partial charge in [-0.1, -0.05) is 54.6 Å². The van der Waals surface area contributed by atoms with Gasteiger partial charge in [0.15, 0.2) is 0 Å². The molecule has 1 aliphatic heterocycles. The third-order valence-corrected chi connectivity index (χ3v) is 9.71. The predicted molar refractivity (Wildman–Crippen MR) is 123 cm³/mol. The van der Waals surface area contributed by atoms with E-state index in [1.807, 2.05) is 6.21 Å². The van der Waals surface area contributed by atoms with Crippen molar-refractivity contribution in [3.8, 4) is 0 Å². The van der Waals surface area contributed by atoms with Crippen molar-refractivity contribution in [1.29, 1.82) is 0 Å². The largest absolute Gasteiger partial charge is 0.288 e. The molecule has 1 aliphatic rings. The van der Waals surface area contributed by atoms with Gasteiger partial charge in [0.2, 0.25) is 0 Å². The molecule has 28 heavy (non-hydrogen) atoms. The Morgan fingerprint density at radius 3 is 1.54 bits per heavy atom. The topological polar surface area (TPSA) is 12.4 Å². The Hall–Kier alpha value is -3.02. The molecule has 0 amide bonds. The highest BCUT2D eigenvalue weighted by Gasteiger charge is 2.47. The first kappa shape index (κ1) is 17.1. The summed E-state index contributed by atoms with van der Waals surface area (Å²) in [4.78, 5) is 4.48. The Morgan fingerprint density at radius 2 is 1.04 bits per heavy atom. The number of aliphatic imine (C=N–C) groups is 1. The first-order valence-electron chi connectivity index (χ1n) is 9.58. The molecule has 0 fully saturated rings. The molecule has 0 unspecified atom stereocenters. The van der Waals surface area contributed by atoms with E-state index in [0.717, 1.165) is 6.54 Å². The summed E-state index contributed by atoms with van der Waals surface area (Å²) in [6, 6.07) is 39.9. The molecule has 0 spiro atoms. The van der Waals surface area contributed by atoms with Crippen molar-refractivity contribution in [1.82, 2.24) is 0 Å². The van der Waals surface area contributed by atoms with Crippen LogP contribution in [0.2, 0.25) is 0 Å². The second-order valence-electron chi connectivity index (χ2n) is 7.03. The van der Waals surface area contributed by atoms with Gasteiger partial charge in [-0.2, -0.15) is 0 Å². The SMILES string of the molecule is C1=NCc2cc([P+](c3ccccc3)(c3ccccc3)c3ccccc3)ccc21. The zero-order valence-corrected chi connectivity index (χ0v) is 16.5. The average molecular weight is 378 g/mol. The van der Waals surface area contributed by atoms with Gasteiger partial charge < -0.3 is 0 Å². The third kappa shape index (κ3) is 2.71.